The molecule has 0 bridgehead atoms. The van der Waals surface area contributed by atoms with Crippen molar-refractivity contribution >= 4 is 5.69 Å². The normalized spacial score (nSPS) is 20.1. The van der Waals surface area contributed by atoms with E-state index in [9.17, 15) is 0 Å². The van der Waals surface area contributed by atoms with E-state index < -0.39 is 0 Å². The van der Waals surface area contributed by atoms with Crippen LogP contribution in [-0.4, -0.2) is 30.9 Å². The molecule has 0 spiro atoms. The highest BCUT2D eigenvalue weighted by molar-refractivity contribution is 5.59. The van der Waals surface area contributed by atoms with Crippen molar-refractivity contribution in [1.82, 2.24) is 0 Å². The average molecular weight is 193 g/mol. The second-order valence-corrected chi connectivity index (χ2v) is 3.43. The van der Waals surface area contributed by atoms with Gasteiger partial charge in [0.05, 0.1) is 18.8 Å². The lowest BCUT2D eigenvalue weighted by Gasteiger charge is -2.34. The fourth-order valence-corrected chi connectivity index (χ4v) is 1.77. The topological polar surface area (TPSA) is 32.7 Å². The zero-order valence-corrected chi connectivity index (χ0v) is 8.31. The Balaban J connectivity index is 2.31. The molecule has 0 saturated heterocycles. The van der Waals surface area contributed by atoms with Crippen LogP contribution in [0.2, 0.25) is 0 Å². The second-order valence-electron chi connectivity index (χ2n) is 3.43. The molecule has 14 heavy (non-hydrogen) atoms. The number of nitrogens with zero attached hydrogens (tertiary/aromatic N) is 1. The first-order valence-electron chi connectivity index (χ1n) is 4.96. The summed E-state index contributed by atoms with van der Waals surface area (Å²) < 4.78 is 5.62. The minimum atomic E-state index is -0.0927. The van der Waals surface area contributed by atoms with Crippen LogP contribution in [0.4, 0.5) is 5.69 Å². The molecule has 76 valence electrons. The molecule has 1 aliphatic rings. The van der Waals surface area contributed by atoms with Crippen molar-refractivity contribution < 1.29 is 9.84 Å². The molecule has 0 unspecified atom stereocenters. The Labute approximate surface area is 83.9 Å². The summed E-state index contributed by atoms with van der Waals surface area (Å²) in [6.07, 6.45) is -0.0927. The van der Waals surface area contributed by atoms with Gasteiger partial charge in [0.15, 0.2) is 0 Å². The minimum absolute atomic E-state index is 0.0742. The molecule has 0 saturated carbocycles. The molecule has 0 aliphatic carbocycles. The van der Waals surface area contributed by atoms with Crippen molar-refractivity contribution in [3.8, 4) is 5.75 Å². The van der Waals surface area contributed by atoms with Gasteiger partial charge in [0.25, 0.3) is 0 Å². The molecule has 0 aromatic heterocycles. The third kappa shape index (κ3) is 1.55. The summed E-state index contributed by atoms with van der Waals surface area (Å²) in [6, 6.07) is 7.95. The highest BCUT2D eigenvalue weighted by Crippen LogP contribution is 2.32. The van der Waals surface area contributed by atoms with E-state index in [0.29, 0.717) is 0 Å². The molecular weight excluding hydrogens is 178 g/mol. The van der Waals surface area contributed by atoms with Crippen LogP contribution < -0.4 is 9.64 Å². The van der Waals surface area contributed by atoms with Crippen LogP contribution in [-0.2, 0) is 0 Å². The lowest BCUT2D eigenvalue weighted by Crippen LogP contribution is -2.41. The van der Waals surface area contributed by atoms with Crippen LogP contribution in [0.25, 0.3) is 0 Å². The molecule has 1 N–H and O–H groups in total. The SMILES string of the molecule is CCN1C[C@H](CO)Oc2ccccc21. The quantitative estimate of drug-likeness (QED) is 0.767. The zero-order valence-electron chi connectivity index (χ0n) is 8.31. The third-order valence-corrected chi connectivity index (χ3v) is 2.51. The van der Waals surface area contributed by atoms with Gasteiger partial charge in [0.2, 0.25) is 0 Å². The van der Waals surface area contributed by atoms with E-state index in [0.717, 1.165) is 24.5 Å². The summed E-state index contributed by atoms with van der Waals surface area (Å²) in [5.74, 6) is 0.875. The van der Waals surface area contributed by atoms with Crippen molar-refractivity contribution in [2.75, 3.05) is 24.6 Å². The second kappa shape index (κ2) is 3.88. The molecule has 0 fully saturated rings. The van der Waals surface area contributed by atoms with E-state index in [4.69, 9.17) is 9.84 Å². The molecule has 1 aliphatic heterocycles. The van der Waals surface area contributed by atoms with Gasteiger partial charge in [0.1, 0.15) is 11.9 Å². The summed E-state index contributed by atoms with van der Waals surface area (Å²) in [5.41, 5.74) is 1.12. The number of hydrogen-bond acceptors (Lipinski definition) is 3. The minimum Gasteiger partial charge on any atom is -0.484 e. The van der Waals surface area contributed by atoms with Crippen LogP contribution in [0.15, 0.2) is 24.3 Å². The Morgan fingerprint density at radius 2 is 2.29 bits per heavy atom. The van der Waals surface area contributed by atoms with Crippen LogP contribution in [0, 0.1) is 0 Å². The van der Waals surface area contributed by atoms with Crippen molar-refractivity contribution in [2.45, 2.75) is 13.0 Å². The molecule has 0 radical (unpaired) electrons. The van der Waals surface area contributed by atoms with E-state index in [1.165, 1.54) is 0 Å². The van der Waals surface area contributed by atoms with Gasteiger partial charge in [-0.05, 0) is 19.1 Å². The Kier molecular flexibility index (Phi) is 2.59. The summed E-state index contributed by atoms with van der Waals surface area (Å²) >= 11 is 0. The zero-order chi connectivity index (χ0) is 9.97. The molecule has 0 amide bonds. The fraction of sp³-hybridized carbons (Fsp3) is 0.455. The van der Waals surface area contributed by atoms with Crippen molar-refractivity contribution in [2.24, 2.45) is 0 Å². The number of fused-ring (bicyclic) bond motifs is 1. The van der Waals surface area contributed by atoms with Gasteiger partial charge in [-0.25, -0.2) is 0 Å². The molecule has 3 nitrogen and oxygen atoms in total. The monoisotopic (exact) mass is 193 g/mol. The number of ether oxygens (including phenoxy) is 1. The van der Waals surface area contributed by atoms with Gasteiger partial charge in [-0.2, -0.15) is 0 Å². The number of benzene rings is 1. The van der Waals surface area contributed by atoms with E-state index in [1.807, 2.05) is 24.3 Å². The van der Waals surface area contributed by atoms with Crippen molar-refractivity contribution in [1.29, 1.82) is 0 Å². The summed E-state index contributed by atoms with van der Waals surface area (Å²) in [5, 5.41) is 9.08. The molecule has 1 aromatic rings. The Bertz CT molecular complexity index is 314. The average Bonchev–Trinajstić information content (AvgIpc) is 2.27. The van der Waals surface area contributed by atoms with Gasteiger partial charge in [-0.1, -0.05) is 12.1 Å². The molecule has 1 aromatic carbocycles. The summed E-state index contributed by atoms with van der Waals surface area (Å²) in [7, 11) is 0. The first-order valence-corrected chi connectivity index (χ1v) is 4.96. The third-order valence-electron chi connectivity index (χ3n) is 2.51. The lowest BCUT2D eigenvalue weighted by molar-refractivity contribution is 0.112. The highest BCUT2D eigenvalue weighted by atomic mass is 16.5. The maximum Gasteiger partial charge on any atom is 0.143 e. The smallest absolute Gasteiger partial charge is 0.143 e. The van der Waals surface area contributed by atoms with E-state index >= 15 is 0 Å². The number of aliphatic hydroxyl groups is 1. The standard InChI is InChI=1S/C11H15NO2/c1-2-12-7-9(8-13)14-11-6-4-3-5-10(11)12/h3-6,9,13H,2,7-8H2,1H3/t9-/m1/s1. The number of anilines is 1. The summed E-state index contributed by atoms with van der Waals surface area (Å²) in [6.45, 7) is 3.89. The molecule has 3 heteroatoms. The molecule has 1 atom stereocenters. The molecule has 2 rings (SSSR count). The Morgan fingerprint density at radius 1 is 1.50 bits per heavy atom. The van der Waals surface area contributed by atoms with Gasteiger partial charge >= 0.3 is 0 Å². The van der Waals surface area contributed by atoms with Crippen LogP contribution in [0.3, 0.4) is 0 Å². The van der Waals surface area contributed by atoms with Gasteiger partial charge in [-0.3, -0.25) is 0 Å². The first kappa shape index (κ1) is 9.34. The number of para-hydroxylation sites is 2. The van der Waals surface area contributed by atoms with E-state index in [-0.39, 0.29) is 12.7 Å². The molecular formula is C11H15NO2. The predicted molar refractivity (Wildman–Crippen MR) is 55.8 cm³/mol. The number of hydrogen-bond donors (Lipinski definition) is 1. The number of likely N-dealkylation sites (N-methyl/N-ethyl adjacent to an activating group) is 1. The maximum atomic E-state index is 9.08. The Morgan fingerprint density at radius 3 is 3.00 bits per heavy atom. The van der Waals surface area contributed by atoms with Crippen LogP contribution in [0.1, 0.15) is 6.92 Å². The van der Waals surface area contributed by atoms with Crippen molar-refractivity contribution in [3.05, 3.63) is 24.3 Å². The number of aliphatic hydroxyl groups excluding tert-OH is 1. The predicted octanol–water partition coefficient (Wildman–Crippen LogP) is 1.27. The summed E-state index contributed by atoms with van der Waals surface area (Å²) in [4.78, 5) is 2.22. The number of rotatable bonds is 2. The van der Waals surface area contributed by atoms with Gasteiger partial charge in [0, 0.05) is 6.54 Å². The van der Waals surface area contributed by atoms with Crippen LogP contribution >= 0.6 is 0 Å². The largest absolute Gasteiger partial charge is 0.484 e. The lowest BCUT2D eigenvalue weighted by atomic mass is 10.2. The molecule has 1 heterocycles. The maximum absolute atomic E-state index is 9.08. The van der Waals surface area contributed by atoms with Crippen LogP contribution in [0.5, 0.6) is 5.75 Å². The first-order chi connectivity index (χ1) is 6.85. The Hall–Kier alpha value is -1.22. The van der Waals surface area contributed by atoms with E-state index in [2.05, 4.69) is 11.8 Å². The van der Waals surface area contributed by atoms with Gasteiger partial charge in [-0.15, -0.1) is 0 Å². The van der Waals surface area contributed by atoms with Crippen molar-refractivity contribution in [3.63, 3.8) is 0 Å². The van der Waals surface area contributed by atoms with E-state index in [1.54, 1.807) is 0 Å². The highest BCUT2D eigenvalue weighted by Gasteiger charge is 2.23. The fourth-order valence-electron chi connectivity index (χ4n) is 1.77. The van der Waals surface area contributed by atoms with Gasteiger partial charge < -0.3 is 14.7 Å².